The van der Waals surface area contributed by atoms with Gasteiger partial charge in [0.15, 0.2) is 6.29 Å². The SMILES string of the molecule is Cc1cccc(COc2ccc(Cl)cc2C=O)n1. The molecule has 18 heavy (non-hydrogen) atoms. The molecule has 0 aliphatic carbocycles. The third-order valence-corrected chi connectivity index (χ3v) is 2.66. The van der Waals surface area contributed by atoms with E-state index in [2.05, 4.69) is 4.98 Å². The van der Waals surface area contributed by atoms with Crippen molar-refractivity contribution in [3.05, 3.63) is 58.4 Å². The molecule has 92 valence electrons. The van der Waals surface area contributed by atoms with E-state index in [0.29, 0.717) is 22.9 Å². The van der Waals surface area contributed by atoms with Crippen LogP contribution in [-0.4, -0.2) is 11.3 Å². The van der Waals surface area contributed by atoms with Crippen LogP contribution in [0.2, 0.25) is 5.02 Å². The van der Waals surface area contributed by atoms with Crippen molar-refractivity contribution in [1.29, 1.82) is 0 Å². The summed E-state index contributed by atoms with van der Waals surface area (Å²) < 4.78 is 5.57. The van der Waals surface area contributed by atoms with Gasteiger partial charge >= 0.3 is 0 Å². The molecule has 0 saturated carbocycles. The highest BCUT2D eigenvalue weighted by Gasteiger charge is 2.04. The zero-order valence-electron chi connectivity index (χ0n) is 9.89. The predicted octanol–water partition coefficient (Wildman–Crippen LogP) is 3.43. The number of ether oxygens (including phenoxy) is 1. The summed E-state index contributed by atoms with van der Waals surface area (Å²) >= 11 is 5.81. The minimum absolute atomic E-state index is 0.324. The van der Waals surface area contributed by atoms with E-state index in [4.69, 9.17) is 16.3 Å². The normalized spacial score (nSPS) is 10.1. The topological polar surface area (TPSA) is 39.2 Å². The van der Waals surface area contributed by atoms with Gasteiger partial charge in [-0.05, 0) is 37.3 Å². The van der Waals surface area contributed by atoms with Gasteiger partial charge in [-0.15, -0.1) is 0 Å². The monoisotopic (exact) mass is 261 g/mol. The molecule has 0 aliphatic rings. The molecule has 0 N–H and O–H groups in total. The number of aryl methyl sites for hydroxylation is 1. The third-order valence-electron chi connectivity index (χ3n) is 2.42. The number of aldehydes is 1. The summed E-state index contributed by atoms with van der Waals surface area (Å²) in [5, 5.41) is 0.512. The Morgan fingerprint density at radius 1 is 1.33 bits per heavy atom. The van der Waals surface area contributed by atoms with Crippen molar-refractivity contribution in [3.8, 4) is 5.75 Å². The average molecular weight is 262 g/mol. The second kappa shape index (κ2) is 5.65. The fourth-order valence-corrected chi connectivity index (χ4v) is 1.75. The number of carbonyl (C=O) groups excluding carboxylic acids is 1. The Morgan fingerprint density at radius 2 is 2.17 bits per heavy atom. The molecule has 2 rings (SSSR count). The van der Waals surface area contributed by atoms with Gasteiger partial charge in [-0.1, -0.05) is 17.7 Å². The van der Waals surface area contributed by atoms with E-state index in [0.717, 1.165) is 17.7 Å². The molecule has 0 aliphatic heterocycles. The van der Waals surface area contributed by atoms with Crippen LogP contribution in [0.25, 0.3) is 0 Å². The first kappa shape index (κ1) is 12.6. The first-order valence-corrected chi connectivity index (χ1v) is 5.87. The van der Waals surface area contributed by atoms with E-state index < -0.39 is 0 Å². The molecular formula is C14H12ClNO2. The molecule has 0 spiro atoms. The first-order valence-electron chi connectivity index (χ1n) is 5.49. The molecular weight excluding hydrogens is 250 g/mol. The number of halogens is 1. The van der Waals surface area contributed by atoms with Gasteiger partial charge in [-0.25, -0.2) is 0 Å². The number of hydrogen-bond donors (Lipinski definition) is 0. The fraction of sp³-hybridized carbons (Fsp3) is 0.143. The number of hydrogen-bond acceptors (Lipinski definition) is 3. The van der Waals surface area contributed by atoms with Gasteiger partial charge in [-0.2, -0.15) is 0 Å². The van der Waals surface area contributed by atoms with E-state index in [-0.39, 0.29) is 0 Å². The Morgan fingerprint density at radius 3 is 2.89 bits per heavy atom. The Labute approximate surface area is 110 Å². The second-order valence-electron chi connectivity index (χ2n) is 3.86. The molecule has 4 heteroatoms. The average Bonchev–Trinajstić information content (AvgIpc) is 2.37. The smallest absolute Gasteiger partial charge is 0.153 e. The maximum absolute atomic E-state index is 10.9. The Kier molecular flexibility index (Phi) is 3.95. The quantitative estimate of drug-likeness (QED) is 0.792. The highest BCUT2D eigenvalue weighted by molar-refractivity contribution is 6.30. The van der Waals surface area contributed by atoms with Crippen LogP contribution in [0.15, 0.2) is 36.4 Å². The van der Waals surface area contributed by atoms with Crippen LogP contribution in [-0.2, 0) is 6.61 Å². The van der Waals surface area contributed by atoms with Crippen LogP contribution in [0.4, 0.5) is 0 Å². The summed E-state index contributed by atoms with van der Waals surface area (Å²) in [5.41, 5.74) is 2.19. The number of aromatic nitrogens is 1. The minimum Gasteiger partial charge on any atom is -0.487 e. The molecule has 2 aromatic rings. The minimum atomic E-state index is 0.324. The lowest BCUT2D eigenvalue weighted by Gasteiger charge is -2.08. The lowest BCUT2D eigenvalue weighted by atomic mass is 10.2. The molecule has 0 bridgehead atoms. The largest absolute Gasteiger partial charge is 0.487 e. The van der Waals surface area contributed by atoms with Crippen molar-refractivity contribution in [2.75, 3.05) is 0 Å². The lowest BCUT2D eigenvalue weighted by Crippen LogP contribution is -2.01. The number of rotatable bonds is 4. The molecule has 0 unspecified atom stereocenters. The summed E-state index contributed by atoms with van der Waals surface area (Å²) in [4.78, 5) is 15.2. The number of carbonyl (C=O) groups is 1. The molecule has 1 aromatic heterocycles. The zero-order chi connectivity index (χ0) is 13.0. The van der Waals surface area contributed by atoms with Crippen molar-refractivity contribution < 1.29 is 9.53 Å². The highest BCUT2D eigenvalue weighted by Crippen LogP contribution is 2.22. The van der Waals surface area contributed by atoms with Crippen molar-refractivity contribution in [3.63, 3.8) is 0 Å². The number of benzene rings is 1. The summed E-state index contributed by atoms with van der Waals surface area (Å²) in [5.74, 6) is 0.512. The number of nitrogens with zero attached hydrogens (tertiary/aromatic N) is 1. The lowest BCUT2D eigenvalue weighted by molar-refractivity contribution is 0.111. The van der Waals surface area contributed by atoms with Crippen LogP contribution < -0.4 is 4.74 Å². The van der Waals surface area contributed by atoms with Gasteiger partial charge in [0.25, 0.3) is 0 Å². The molecule has 0 fully saturated rings. The predicted molar refractivity (Wildman–Crippen MR) is 70.1 cm³/mol. The van der Waals surface area contributed by atoms with E-state index in [1.165, 1.54) is 0 Å². The summed E-state index contributed by atoms with van der Waals surface area (Å²) in [6, 6.07) is 10.7. The molecule has 1 aromatic carbocycles. The maximum atomic E-state index is 10.9. The molecule has 0 saturated heterocycles. The van der Waals surface area contributed by atoms with Crippen LogP contribution >= 0.6 is 11.6 Å². The van der Waals surface area contributed by atoms with Crippen LogP contribution in [0.1, 0.15) is 21.7 Å². The summed E-state index contributed by atoms with van der Waals surface area (Å²) in [6.45, 7) is 2.24. The van der Waals surface area contributed by atoms with E-state index in [9.17, 15) is 4.79 Å². The molecule has 0 amide bonds. The highest BCUT2D eigenvalue weighted by atomic mass is 35.5. The van der Waals surface area contributed by atoms with Crippen molar-refractivity contribution in [1.82, 2.24) is 4.98 Å². The van der Waals surface area contributed by atoms with Gasteiger partial charge in [0, 0.05) is 10.7 Å². The zero-order valence-corrected chi connectivity index (χ0v) is 10.6. The Balaban J connectivity index is 2.13. The van der Waals surface area contributed by atoms with Crippen LogP contribution in [0.5, 0.6) is 5.75 Å². The molecule has 3 nitrogen and oxygen atoms in total. The van der Waals surface area contributed by atoms with Gasteiger partial charge in [-0.3, -0.25) is 9.78 Å². The van der Waals surface area contributed by atoms with E-state index in [1.54, 1.807) is 18.2 Å². The van der Waals surface area contributed by atoms with Crippen LogP contribution in [0, 0.1) is 6.92 Å². The van der Waals surface area contributed by atoms with E-state index in [1.807, 2.05) is 25.1 Å². The molecule has 0 radical (unpaired) electrons. The van der Waals surface area contributed by atoms with Gasteiger partial charge < -0.3 is 4.74 Å². The van der Waals surface area contributed by atoms with Crippen molar-refractivity contribution in [2.45, 2.75) is 13.5 Å². The third kappa shape index (κ3) is 3.08. The van der Waals surface area contributed by atoms with Crippen molar-refractivity contribution in [2.24, 2.45) is 0 Å². The second-order valence-corrected chi connectivity index (χ2v) is 4.30. The molecule has 0 atom stereocenters. The van der Waals surface area contributed by atoms with Crippen molar-refractivity contribution >= 4 is 17.9 Å². The molecule has 1 heterocycles. The van der Waals surface area contributed by atoms with Crippen LogP contribution in [0.3, 0.4) is 0 Å². The first-order chi connectivity index (χ1) is 8.69. The van der Waals surface area contributed by atoms with Gasteiger partial charge in [0.05, 0.1) is 11.3 Å². The van der Waals surface area contributed by atoms with E-state index >= 15 is 0 Å². The Hall–Kier alpha value is -1.87. The Bertz CT molecular complexity index is 569. The fourth-order valence-electron chi connectivity index (χ4n) is 1.57. The maximum Gasteiger partial charge on any atom is 0.153 e. The van der Waals surface area contributed by atoms with Gasteiger partial charge in [0.1, 0.15) is 12.4 Å². The van der Waals surface area contributed by atoms with Gasteiger partial charge in [0.2, 0.25) is 0 Å². The number of pyridine rings is 1. The summed E-state index contributed by atoms with van der Waals surface area (Å²) in [7, 11) is 0. The standard InChI is InChI=1S/C14H12ClNO2/c1-10-3-2-4-13(16-10)9-18-14-6-5-12(15)7-11(14)8-17/h2-8H,9H2,1H3. The summed E-state index contributed by atoms with van der Waals surface area (Å²) in [6.07, 6.45) is 0.727.